The number of benzene rings is 2. The number of sulfonamides is 1. The zero-order chi connectivity index (χ0) is 23.8. The van der Waals surface area contributed by atoms with E-state index >= 15 is 0 Å². The second kappa shape index (κ2) is 9.24. The van der Waals surface area contributed by atoms with Crippen LogP contribution in [-0.2, 0) is 14.8 Å². The summed E-state index contributed by atoms with van der Waals surface area (Å²) in [6.45, 7) is 5.85. The van der Waals surface area contributed by atoms with Gasteiger partial charge in [0, 0.05) is 12.2 Å². The Bertz CT molecular complexity index is 1280. The van der Waals surface area contributed by atoms with Crippen molar-refractivity contribution in [2.75, 3.05) is 18.1 Å². The number of nitrogens with one attached hydrogen (secondary N) is 1. The zero-order valence-electron chi connectivity index (χ0n) is 18.9. The first kappa shape index (κ1) is 23.4. The van der Waals surface area contributed by atoms with Gasteiger partial charge in [0.05, 0.1) is 10.6 Å². The van der Waals surface area contributed by atoms with Gasteiger partial charge in [0.15, 0.2) is 0 Å². The molecule has 2 aromatic carbocycles. The van der Waals surface area contributed by atoms with Crippen LogP contribution in [0.1, 0.15) is 29.5 Å². The molecule has 1 saturated heterocycles. The smallest absolute Gasteiger partial charge is 0.244 e. The molecule has 1 atom stereocenters. The standard InChI is InChI=1S/C22H26N6O3S2/c1-14-11-15(2)20(16(3)12-14)33(30,31)27-10-6-9-19(27)21(29)23-17-7-5-8-18(13-17)28-22(32-4)24-25-26-28/h5,7-8,11-13,19H,6,9-10H2,1-4H3,(H,23,29). The lowest BCUT2D eigenvalue weighted by Gasteiger charge is -2.25. The quantitative estimate of drug-likeness (QED) is 0.533. The van der Waals surface area contributed by atoms with Crippen molar-refractivity contribution in [2.24, 2.45) is 0 Å². The molecular formula is C22H26N6O3S2. The average molecular weight is 487 g/mol. The molecule has 1 unspecified atom stereocenters. The summed E-state index contributed by atoms with van der Waals surface area (Å²) < 4.78 is 30.0. The highest BCUT2D eigenvalue weighted by molar-refractivity contribution is 7.98. The summed E-state index contributed by atoms with van der Waals surface area (Å²) in [5, 5.41) is 15.1. The fourth-order valence-electron chi connectivity index (χ4n) is 4.39. The van der Waals surface area contributed by atoms with Gasteiger partial charge in [-0.25, -0.2) is 8.42 Å². The third-order valence-corrected chi connectivity index (χ3v) is 8.49. The number of hydrogen-bond donors (Lipinski definition) is 1. The van der Waals surface area contributed by atoms with Crippen LogP contribution in [0.2, 0.25) is 0 Å². The molecule has 0 spiro atoms. The molecule has 1 aliphatic heterocycles. The minimum absolute atomic E-state index is 0.290. The maximum Gasteiger partial charge on any atom is 0.244 e. The number of aromatic nitrogens is 4. The molecule has 0 saturated carbocycles. The van der Waals surface area contributed by atoms with E-state index in [1.54, 1.807) is 36.7 Å². The predicted octanol–water partition coefficient (Wildman–Crippen LogP) is 3.10. The molecule has 9 nitrogen and oxygen atoms in total. The van der Waals surface area contributed by atoms with Gasteiger partial charge < -0.3 is 5.32 Å². The first-order valence-corrected chi connectivity index (χ1v) is 13.2. The van der Waals surface area contributed by atoms with Gasteiger partial charge in [-0.15, -0.1) is 5.10 Å². The Hall–Kier alpha value is -2.76. The summed E-state index contributed by atoms with van der Waals surface area (Å²) in [7, 11) is -3.82. The number of thioether (sulfide) groups is 1. The van der Waals surface area contributed by atoms with Crippen LogP contribution in [0.25, 0.3) is 5.69 Å². The van der Waals surface area contributed by atoms with E-state index in [2.05, 4.69) is 20.8 Å². The molecule has 11 heteroatoms. The van der Waals surface area contributed by atoms with Crippen LogP contribution in [0.3, 0.4) is 0 Å². The second-order valence-electron chi connectivity index (χ2n) is 8.12. The van der Waals surface area contributed by atoms with Crippen molar-refractivity contribution in [1.82, 2.24) is 24.5 Å². The lowest BCUT2D eigenvalue weighted by Crippen LogP contribution is -2.43. The van der Waals surface area contributed by atoms with Crippen molar-refractivity contribution in [3.63, 3.8) is 0 Å². The van der Waals surface area contributed by atoms with E-state index in [-0.39, 0.29) is 10.8 Å². The van der Waals surface area contributed by atoms with Gasteiger partial charge in [0.1, 0.15) is 6.04 Å². The van der Waals surface area contributed by atoms with Crippen LogP contribution in [0, 0.1) is 20.8 Å². The third-order valence-electron chi connectivity index (χ3n) is 5.66. The summed E-state index contributed by atoms with van der Waals surface area (Å²) in [6.07, 6.45) is 2.97. The number of hydrogen-bond acceptors (Lipinski definition) is 7. The molecule has 3 aromatic rings. The first-order chi connectivity index (χ1) is 15.7. The molecule has 174 valence electrons. The minimum Gasteiger partial charge on any atom is -0.325 e. The maximum atomic E-state index is 13.6. The Labute approximate surface area is 197 Å². The van der Waals surface area contributed by atoms with Crippen molar-refractivity contribution in [2.45, 2.75) is 49.7 Å². The Morgan fingerprint density at radius 1 is 1.15 bits per heavy atom. The molecule has 0 aliphatic carbocycles. The normalized spacial score (nSPS) is 16.8. The molecule has 1 N–H and O–H groups in total. The van der Waals surface area contributed by atoms with E-state index in [1.807, 2.05) is 31.4 Å². The van der Waals surface area contributed by atoms with E-state index in [4.69, 9.17) is 0 Å². The Kier molecular flexibility index (Phi) is 6.55. The van der Waals surface area contributed by atoms with E-state index in [9.17, 15) is 13.2 Å². The molecular weight excluding hydrogens is 460 g/mol. The molecule has 1 amide bonds. The van der Waals surface area contributed by atoms with Gasteiger partial charge >= 0.3 is 0 Å². The van der Waals surface area contributed by atoms with Crippen LogP contribution in [-0.4, -0.2) is 57.7 Å². The maximum absolute atomic E-state index is 13.6. The van der Waals surface area contributed by atoms with Gasteiger partial charge in [0.2, 0.25) is 21.1 Å². The molecule has 1 aromatic heterocycles. The predicted molar refractivity (Wildman–Crippen MR) is 127 cm³/mol. The topological polar surface area (TPSA) is 110 Å². The zero-order valence-corrected chi connectivity index (χ0v) is 20.6. The molecule has 2 heterocycles. The highest BCUT2D eigenvalue weighted by Gasteiger charge is 2.40. The van der Waals surface area contributed by atoms with Crippen molar-refractivity contribution >= 4 is 33.4 Å². The Balaban J connectivity index is 1.59. The van der Waals surface area contributed by atoms with Crippen LogP contribution in [0.5, 0.6) is 0 Å². The third kappa shape index (κ3) is 4.53. The van der Waals surface area contributed by atoms with Gasteiger partial charge in [-0.1, -0.05) is 35.5 Å². The monoisotopic (exact) mass is 486 g/mol. The van der Waals surface area contributed by atoms with E-state index in [0.717, 1.165) is 5.56 Å². The molecule has 0 bridgehead atoms. The summed E-state index contributed by atoms with van der Waals surface area (Å²) in [6, 6.07) is 10.1. The number of nitrogens with zero attached hydrogens (tertiary/aromatic N) is 5. The van der Waals surface area contributed by atoms with Crippen LogP contribution in [0.15, 0.2) is 46.5 Å². The lowest BCUT2D eigenvalue weighted by atomic mass is 10.1. The lowest BCUT2D eigenvalue weighted by molar-refractivity contribution is -0.119. The highest BCUT2D eigenvalue weighted by Crippen LogP contribution is 2.31. The highest BCUT2D eigenvalue weighted by atomic mass is 32.2. The van der Waals surface area contributed by atoms with Gasteiger partial charge in [0.25, 0.3) is 0 Å². The van der Waals surface area contributed by atoms with Crippen LogP contribution < -0.4 is 5.32 Å². The minimum atomic E-state index is -3.82. The largest absolute Gasteiger partial charge is 0.325 e. The number of rotatable bonds is 6. The van der Waals surface area contributed by atoms with Crippen molar-refractivity contribution < 1.29 is 13.2 Å². The summed E-state index contributed by atoms with van der Waals surface area (Å²) in [4.78, 5) is 13.5. The molecule has 4 rings (SSSR count). The van der Waals surface area contributed by atoms with Gasteiger partial charge in [-0.3, -0.25) is 4.79 Å². The fourth-order valence-corrected chi connectivity index (χ4v) is 6.89. The summed E-state index contributed by atoms with van der Waals surface area (Å²) in [5.41, 5.74) is 3.64. The number of aryl methyl sites for hydroxylation is 3. The van der Waals surface area contributed by atoms with E-state index in [0.29, 0.717) is 47.0 Å². The number of carbonyl (C=O) groups is 1. The number of amides is 1. The van der Waals surface area contributed by atoms with Crippen LogP contribution in [0.4, 0.5) is 5.69 Å². The Morgan fingerprint density at radius 2 is 1.88 bits per heavy atom. The molecule has 1 aliphatic rings. The molecule has 1 fully saturated rings. The summed E-state index contributed by atoms with van der Waals surface area (Å²) in [5.74, 6) is -0.350. The van der Waals surface area contributed by atoms with E-state index in [1.165, 1.54) is 16.1 Å². The first-order valence-electron chi connectivity index (χ1n) is 10.6. The van der Waals surface area contributed by atoms with Gasteiger partial charge in [-0.2, -0.15) is 8.99 Å². The summed E-state index contributed by atoms with van der Waals surface area (Å²) >= 11 is 1.41. The average Bonchev–Trinajstić information content (AvgIpc) is 3.43. The molecule has 0 radical (unpaired) electrons. The van der Waals surface area contributed by atoms with E-state index < -0.39 is 16.1 Å². The number of tetrazole rings is 1. The SMILES string of the molecule is CSc1nnnn1-c1cccc(NC(=O)C2CCCN2S(=O)(=O)c2c(C)cc(C)cc2C)c1. The van der Waals surface area contributed by atoms with Crippen molar-refractivity contribution in [1.29, 1.82) is 0 Å². The second-order valence-corrected chi connectivity index (χ2v) is 10.7. The fraction of sp³-hybridized carbons (Fsp3) is 0.364. The molecule has 33 heavy (non-hydrogen) atoms. The van der Waals surface area contributed by atoms with Crippen LogP contribution >= 0.6 is 11.8 Å². The Morgan fingerprint density at radius 3 is 2.58 bits per heavy atom. The number of carbonyl (C=O) groups excluding carboxylic acids is 1. The van der Waals surface area contributed by atoms with Crippen molar-refractivity contribution in [3.05, 3.63) is 53.1 Å². The number of anilines is 1. The van der Waals surface area contributed by atoms with Crippen molar-refractivity contribution in [3.8, 4) is 5.69 Å². The van der Waals surface area contributed by atoms with Gasteiger partial charge in [-0.05, 0) is 79.6 Å².